The van der Waals surface area contributed by atoms with E-state index in [1.165, 1.54) is 48.9 Å². The maximum Gasteiger partial charge on any atom is 0.282 e. The molecule has 12 rings (SSSR count). The quantitative estimate of drug-likeness (QED) is 0.232. The number of halogens is 1. The average molecular weight is 813 g/mol. The summed E-state index contributed by atoms with van der Waals surface area (Å²) >= 11 is 6.59. The van der Waals surface area contributed by atoms with Crippen LogP contribution in [0.15, 0.2) is 53.3 Å². The van der Waals surface area contributed by atoms with Crippen LogP contribution in [0.5, 0.6) is 5.75 Å². The van der Waals surface area contributed by atoms with E-state index in [-0.39, 0.29) is 40.5 Å². The molecule has 3 amide bonds. The standard InChI is InChI=1S/C47H49ClN6O5/c48-34-5-4-6-36-39(34)42(57)50-44-47(13-2-1-3-14-47)33-23-28(7-10-35(33)54(36)44)51-19-15-45(16-20-51)24-29(25-45)52-21-17-46(18-22-52)27-59-40-31-26-53(37-11-12-38(55)49-41(37)56)43(58)30(31)8-9-32(40)46/h4-10,23,29,37H,1-3,11-22,24-27H2,(H,49,55,56)/t37-/m0/s1. The fourth-order valence-electron chi connectivity index (χ4n) is 12.9. The Morgan fingerprint density at radius 1 is 0.847 bits per heavy atom. The largest absolute Gasteiger partial charge is 0.492 e. The van der Waals surface area contributed by atoms with Crippen molar-refractivity contribution in [1.82, 2.24) is 24.7 Å². The topological polar surface area (TPSA) is 117 Å². The highest BCUT2D eigenvalue weighted by Gasteiger charge is 2.53. The molecule has 1 N–H and O–H groups in total. The Labute approximate surface area is 348 Å². The van der Waals surface area contributed by atoms with Gasteiger partial charge in [0, 0.05) is 53.3 Å². The number of hydrogen-bond acceptors (Lipinski definition) is 8. The molecule has 304 valence electrons. The van der Waals surface area contributed by atoms with Gasteiger partial charge in [-0.1, -0.05) is 43.0 Å². The number of rotatable bonds is 3. The lowest BCUT2D eigenvalue weighted by Crippen LogP contribution is -2.57. The number of aromatic nitrogens is 2. The number of amides is 3. The Bertz CT molecular complexity index is 2560. The monoisotopic (exact) mass is 812 g/mol. The molecule has 7 heterocycles. The van der Waals surface area contributed by atoms with E-state index in [4.69, 9.17) is 21.3 Å². The molecule has 1 aromatic heterocycles. The zero-order valence-corrected chi connectivity index (χ0v) is 34.1. The van der Waals surface area contributed by atoms with E-state index < -0.39 is 6.04 Å². The van der Waals surface area contributed by atoms with Crippen molar-refractivity contribution in [3.05, 3.63) is 92.0 Å². The van der Waals surface area contributed by atoms with Crippen LogP contribution in [0.25, 0.3) is 16.6 Å². The molecule has 12 heteroatoms. The highest BCUT2D eigenvalue weighted by molar-refractivity contribution is 6.35. The summed E-state index contributed by atoms with van der Waals surface area (Å²) in [5, 5.41) is 3.37. The highest BCUT2D eigenvalue weighted by Crippen LogP contribution is 2.56. The number of nitrogens with zero attached hydrogens (tertiary/aromatic N) is 5. The van der Waals surface area contributed by atoms with Gasteiger partial charge in [-0.15, -0.1) is 0 Å². The van der Waals surface area contributed by atoms with Crippen LogP contribution < -0.4 is 20.5 Å². The first kappa shape index (κ1) is 36.1. The molecule has 2 aliphatic carbocycles. The minimum atomic E-state index is -0.625. The zero-order chi connectivity index (χ0) is 39.8. The maximum atomic E-state index is 13.4. The smallest absolute Gasteiger partial charge is 0.282 e. The number of fused-ring (bicyclic) bond motifs is 11. The van der Waals surface area contributed by atoms with Crippen molar-refractivity contribution in [1.29, 1.82) is 0 Å². The summed E-state index contributed by atoms with van der Waals surface area (Å²) in [6, 6.07) is 16.8. The molecule has 59 heavy (non-hydrogen) atoms. The molecule has 8 aliphatic rings. The van der Waals surface area contributed by atoms with Crippen molar-refractivity contribution in [3.63, 3.8) is 0 Å². The molecule has 0 unspecified atom stereocenters. The van der Waals surface area contributed by atoms with Crippen LogP contribution in [0, 0.1) is 5.41 Å². The predicted molar refractivity (Wildman–Crippen MR) is 224 cm³/mol. The Balaban J connectivity index is 0.709. The number of ether oxygens (including phenoxy) is 1. The van der Waals surface area contributed by atoms with Gasteiger partial charge in [-0.05, 0) is 118 Å². The number of anilines is 1. The SMILES string of the molecule is O=C1CC[C@H](N2Cc3c(ccc4c3OCC43CCN(C4CC5(CCN(c6ccc7c(c6)C6(CCCCC6)c6nc(=O)c8c(Cl)cccc8n6-7)CC5)C4)CC3)C2=O)C(=O)N1. The van der Waals surface area contributed by atoms with E-state index >= 15 is 0 Å². The van der Waals surface area contributed by atoms with E-state index in [0.717, 1.165) is 93.0 Å². The maximum absolute atomic E-state index is 13.4. The molecule has 11 nitrogen and oxygen atoms in total. The summed E-state index contributed by atoms with van der Waals surface area (Å²) in [7, 11) is 0. The highest BCUT2D eigenvalue weighted by atomic mass is 35.5. The first-order chi connectivity index (χ1) is 28.7. The predicted octanol–water partition coefficient (Wildman–Crippen LogP) is 6.54. The molecule has 2 saturated carbocycles. The number of carbonyl (C=O) groups excluding carboxylic acids is 3. The van der Waals surface area contributed by atoms with Gasteiger partial charge in [-0.2, -0.15) is 4.98 Å². The van der Waals surface area contributed by atoms with E-state index in [1.54, 1.807) is 11.0 Å². The van der Waals surface area contributed by atoms with Crippen molar-refractivity contribution < 1.29 is 19.1 Å². The second-order valence-electron chi connectivity index (χ2n) is 19.1. The molecular weight excluding hydrogens is 764 g/mol. The minimum Gasteiger partial charge on any atom is -0.492 e. The van der Waals surface area contributed by atoms with Crippen LogP contribution in [0.4, 0.5) is 5.69 Å². The van der Waals surface area contributed by atoms with Gasteiger partial charge in [0.05, 0.1) is 40.2 Å². The van der Waals surface area contributed by atoms with Gasteiger partial charge in [-0.3, -0.25) is 29.1 Å². The zero-order valence-electron chi connectivity index (χ0n) is 33.4. The van der Waals surface area contributed by atoms with Crippen molar-refractivity contribution in [2.45, 2.75) is 113 Å². The van der Waals surface area contributed by atoms with Gasteiger partial charge in [-0.25, -0.2) is 0 Å². The van der Waals surface area contributed by atoms with Gasteiger partial charge in [0.1, 0.15) is 17.6 Å². The van der Waals surface area contributed by atoms with Gasteiger partial charge in [0.15, 0.2) is 0 Å². The number of carbonyl (C=O) groups is 3. The third-order valence-electron chi connectivity index (χ3n) is 16.3. The van der Waals surface area contributed by atoms with Crippen LogP contribution in [-0.2, 0) is 27.0 Å². The number of hydrogen-bond donors (Lipinski definition) is 1. The summed E-state index contributed by atoms with van der Waals surface area (Å²) in [6.07, 6.45) is 13.2. The lowest BCUT2D eigenvalue weighted by Gasteiger charge is -2.57. The third kappa shape index (κ3) is 5.19. The van der Waals surface area contributed by atoms with Crippen molar-refractivity contribution in [3.8, 4) is 11.4 Å². The number of likely N-dealkylation sites (tertiary alicyclic amines) is 1. The molecule has 0 radical (unpaired) electrons. The van der Waals surface area contributed by atoms with Gasteiger partial charge in [0.25, 0.3) is 11.5 Å². The number of benzene rings is 3. The van der Waals surface area contributed by atoms with Crippen molar-refractivity contribution in [2.24, 2.45) is 5.41 Å². The molecule has 3 saturated heterocycles. The number of nitrogens with one attached hydrogen (secondary N) is 1. The van der Waals surface area contributed by atoms with Crippen molar-refractivity contribution in [2.75, 3.05) is 37.7 Å². The molecule has 4 aromatic rings. The number of piperidine rings is 3. The van der Waals surface area contributed by atoms with Crippen LogP contribution in [-0.4, -0.2) is 81.9 Å². The fraction of sp³-hybridized carbons (Fsp3) is 0.511. The molecule has 5 fully saturated rings. The van der Waals surface area contributed by atoms with Crippen LogP contribution in [0.3, 0.4) is 0 Å². The van der Waals surface area contributed by atoms with Crippen LogP contribution in [0.1, 0.15) is 116 Å². The molecule has 1 atom stereocenters. The Morgan fingerprint density at radius 3 is 2.42 bits per heavy atom. The summed E-state index contributed by atoms with van der Waals surface area (Å²) in [5.74, 6) is 0.935. The van der Waals surface area contributed by atoms with Gasteiger partial charge >= 0.3 is 0 Å². The second-order valence-corrected chi connectivity index (χ2v) is 19.5. The lowest BCUT2D eigenvalue weighted by molar-refractivity contribution is -0.136. The fourth-order valence-corrected chi connectivity index (χ4v) is 13.2. The van der Waals surface area contributed by atoms with E-state index in [1.807, 2.05) is 18.2 Å². The van der Waals surface area contributed by atoms with Crippen molar-refractivity contribution >= 4 is 45.9 Å². The van der Waals surface area contributed by atoms with Crippen LogP contribution >= 0.6 is 11.6 Å². The van der Waals surface area contributed by atoms with E-state index in [0.29, 0.717) is 47.0 Å². The summed E-state index contributed by atoms with van der Waals surface area (Å²) in [5.41, 5.74) is 7.27. The molecule has 3 spiro atoms. The average Bonchev–Trinajstić information content (AvgIpc) is 3.85. The summed E-state index contributed by atoms with van der Waals surface area (Å²) in [4.78, 5) is 63.0. The normalized spacial score (nSPS) is 25.2. The minimum absolute atomic E-state index is 0.0435. The molecular formula is C47H49ClN6O5. The summed E-state index contributed by atoms with van der Waals surface area (Å²) < 4.78 is 8.69. The second kappa shape index (κ2) is 12.9. The van der Waals surface area contributed by atoms with E-state index in [9.17, 15) is 19.2 Å². The van der Waals surface area contributed by atoms with Gasteiger partial charge < -0.3 is 19.4 Å². The molecule has 0 bridgehead atoms. The number of imide groups is 1. The van der Waals surface area contributed by atoms with Crippen LogP contribution in [0.2, 0.25) is 5.02 Å². The summed E-state index contributed by atoms with van der Waals surface area (Å²) in [6.45, 7) is 5.21. The third-order valence-corrected chi connectivity index (χ3v) is 16.6. The Hall–Kier alpha value is -4.74. The molecule has 3 aromatic carbocycles. The first-order valence-electron chi connectivity index (χ1n) is 22.0. The first-order valence-corrected chi connectivity index (χ1v) is 22.3. The van der Waals surface area contributed by atoms with Gasteiger partial charge in [0.2, 0.25) is 11.8 Å². The Morgan fingerprint density at radius 2 is 1.64 bits per heavy atom. The molecule has 6 aliphatic heterocycles. The Kier molecular flexibility index (Phi) is 7.89. The lowest BCUT2D eigenvalue weighted by atomic mass is 9.59. The van der Waals surface area contributed by atoms with E-state index in [2.05, 4.69) is 43.9 Å².